The average molecular weight is 511 g/mol. The highest BCUT2D eigenvalue weighted by molar-refractivity contribution is 5.17. The highest BCUT2D eigenvalue weighted by Crippen LogP contribution is 2.26. The molecule has 0 aliphatic heterocycles. The number of allylic oxidation sites excluding steroid dienone is 2. The third-order valence-corrected chi connectivity index (χ3v) is 7.73. The summed E-state index contributed by atoms with van der Waals surface area (Å²) in [6.07, 6.45) is 20.9. The monoisotopic (exact) mass is 510 g/mol. The molecular formula is C37H52N+. The zero-order valence-corrected chi connectivity index (χ0v) is 24.1. The van der Waals surface area contributed by atoms with Crippen LogP contribution < -0.4 is 0 Å². The second-order valence-corrected chi connectivity index (χ2v) is 11.2. The third-order valence-electron chi connectivity index (χ3n) is 7.73. The molecule has 0 saturated heterocycles. The maximum absolute atomic E-state index is 2.40. The lowest BCUT2D eigenvalue weighted by molar-refractivity contribution is -0.966. The largest absolute Gasteiger partial charge is 0.312 e. The van der Waals surface area contributed by atoms with Crippen LogP contribution in [0.1, 0.15) is 101 Å². The predicted molar refractivity (Wildman–Crippen MR) is 166 cm³/mol. The molecule has 0 bridgehead atoms. The first-order valence-electron chi connectivity index (χ1n) is 15.4. The summed E-state index contributed by atoms with van der Waals surface area (Å²) in [5.41, 5.74) is 4.33. The molecule has 0 unspecified atom stereocenters. The first-order chi connectivity index (χ1) is 18.8. The van der Waals surface area contributed by atoms with Gasteiger partial charge in [0, 0.05) is 16.7 Å². The van der Waals surface area contributed by atoms with E-state index in [1.54, 1.807) is 0 Å². The third kappa shape index (κ3) is 12.3. The Hall–Kier alpha value is -2.64. The van der Waals surface area contributed by atoms with Crippen LogP contribution in [0.5, 0.6) is 0 Å². The molecule has 0 fully saturated rings. The Bertz CT molecular complexity index is 876. The van der Waals surface area contributed by atoms with Crippen LogP contribution in [-0.4, -0.2) is 11.0 Å². The van der Waals surface area contributed by atoms with E-state index in [4.69, 9.17) is 0 Å². The first-order valence-corrected chi connectivity index (χ1v) is 15.4. The van der Waals surface area contributed by atoms with Gasteiger partial charge in [0.05, 0.1) is 6.54 Å². The summed E-state index contributed by atoms with van der Waals surface area (Å²) < 4.78 is 1.09. The zero-order chi connectivity index (χ0) is 26.6. The van der Waals surface area contributed by atoms with E-state index < -0.39 is 0 Å². The van der Waals surface area contributed by atoms with Gasteiger partial charge in [0.1, 0.15) is 19.6 Å². The van der Waals surface area contributed by atoms with Crippen molar-refractivity contribution >= 4 is 0 Å². The van der Waals surface area contributed by atoms with Crippen molar-refractivity contribution in [2.45, 2.75) is 104 Å². The van der Waals surface area contributed by atoms with Gasteiger partial charge in [-0.25, -0.2) is 0 Å². The van der Waals surface area contributed by atoms with Gasteiger partial charge in [0.15, 0.2) is 0 Å². The number of rotatable bonds is 20. The van der Waals surface area contributed by atoms with Crippen LogP contribution in [0, 0.1) is 0 Å². The van der Waals surface area contributed by atoms with Gasteiger partial charge < -0.3 is 4.48 Å². The summed E-state index contributed by atoms with van der Waals surface area (Å²) >= 11 is 0. The van der Waals surface area contributed by atoms with Crippen molar-refractivity contribution in [3.63, 3.8) is 0 Å². The maximum Gasteiger partial charge on any atom is 0.105 e. The van der Waals surface area contributed by atoms with Gasteiger partial charge >= 0.3 is 0 Å². The van der Waals surface area contributed by atoms with Crippen LogP contribution in [-0.2, 0) is 19.6 Å². The molecule has 0 amide bonds. The molecular weight excluding hydrogens is 458 g/mol. The average Bonchev–Trinajstić information content (AvgIpc) is 2.95. The zero-order valence-electron chi connectivity index (χ0n) is 24.1. The minimum atomic E-state index is 1.08. The van der Waals surface area contributed by atoms with Crippen LogP contribution in [0.15, 0.2) is 103 Å². The van der Waals surface area contributed by atoms with E-state index >= 15 is 0 Å². The number of unbranched alkanes of at least 4 members (excludes halogenated alkanes) is 10. The molecule has 1 heteroatoms. The fourth-order valence-corrected chi connectivity index (χ4v) is 5.64. The molecule has 0 aliphatic rings. The molecule has 0 N–H and O–H groups in total. The lowest BCUT2D eigenvalue weighted by Gasteiger charge is -2.39. The smallest absolute Gasteiger partial charge is 0.105 e. The lowest BCUT2D eigenvalue weighted by atomic mass is 10.0. The summed E-state index contributed by atoms with van der Waals surface area (Å²) in [5.74, 6) is 0. The van der Waals surface area contributed by atoms with E-state index in [2.05, 4.69) is 110 Å². The van der Waals surface area contributed by atoms with Gasteiger partial charge in [-0.15, -0.1) is 0 Å². The normalized spacial score (nSPS) is 11.8. The molecule has 0 radical (unpaired) electrons. The van der Waals surface area contributed by atoms with Crippen molar-refractivity contribution < 1.29 is 4.48 Å². The highest BCUT2D eigenvalue weighted by Gasteiger charge is 2.28. The van der Waals surface area contributed by atoms with Crippen LogP contribution in [0.3, 0.4) is 0 Å². The fourth-order valence-electron chi connectivity index (χ4n) is 5.64. The van der Waals surface area contributed by atoms with Crippen LogP contribution >= 0.6 is 0 Å². The maximum atomic E-state index is 2.40. The second kappa shape index (κ2) is 18.6. The standard InChI is InChI=1S/C37H52N/c1-2-3-4-5-6-7-8-9-10-11-12-13-14-24-31-38(32-35-25-18-15-19-26-35,33-36-27-20-16-21-28-36)34-37-29-22-17-23-30-37/h5-6,15-23,25-30H,2-4,7-14,24,31-34H2,1H3/q+1/b6-5+. The Morgan fingerprint density at radius 3 is 1.24 bits per heavy atom. The van der Waals surface area contributed by atoms with E-state index in [0.717, 1.165) is 24.1 Å². The Morgan fingerprint density at radius 1 is 0.447 bits per heavy atom. The number of quaternary nitrogens is 1. The van der Waals surface area contributed by atoms with Gasteiger partial charge in [-0.2, -0.15) is 0 Å². The SMILES string of the molecule is CCCC/C=C/CCCCCCCCCC[N+](Cc1ccccc1)(Cc1ccccc1)Cc1ccccc1. The molecule has 38 heavy (non-hydrogen) atoms. The van der Waals surface area contributed by atoms with Gasteiger partial charge in [0.25, 0.3) is 0 Å². The van der Waals surface area contributed by atoms with Gasteiger partial charge in [-0.3, -0.25) is 0 Å². The van der Waals surface area contributed by atoms with Gasteiger partial charge in [-0.05, 0) is 32.1 Å². The number of hydrogen-bond acceptors (Lipinski definition) is 0. The highest BCUT2D eigenvalue weighted by atomic mass is 15.3. The van der Waals surface area contributed by atoms with Gasteiger partial charge in [0.2, 0.25) is 0 Å². The van der Waals surface area contributed by atoms with E-state index in [9.17, 15) is 0 Å². The van der Waals surface area contributed by atoms with Crippen molar-refractivity contribution in [2.75, 3.05) is 6.54 Å². The Balaban J connectivity index is 1.50. The van der Waals surface area contributed by atoms with Crippen molar-refractivity contribution in [3.05, 3.63) is 120 Å². The topological polar surface area (TPSA) is 0 Å². The Kier molecular flexibility index (Phi) is 14.6. The second-order valence-electron chi connectivity index (χ2n) is 11.2. The van der Waals surface area contributed by atoms with E-state index in [-0.39, 0.29) is 0 Å². The molecule has 0 heterocycles. The molecule has 0 spiro atoms. The van der Waals surface area contributed by atoms with E-state index in [1.807, 2.05) is 0 Å². The van der Waals surface area contributed by atoms with E-state index in [1.165, 1.54) is 100 Å². The molecule has 204 valence electrons. The lowest BCUT2D eigenvalue weighted by Crippen LogP contribution is -2.46. The van der Waals surface area contributed by atoms with Crippen molar-refractivity contribution in [1.82, 2.24) is 0 Å². The first kappa shape index (κ1) is 29.9. The van der Waals surface area contributed by atoms with Crippen LogP contribution in [0.2, 0.25) is 0 Å². The number of hydrogen-bond donors (Lipinski definition) is 0. The molecule has 3 aromatic rings. The number of nitrogens with zero attached hydrogens (tertiary/aromatic N) is 1. The molecule has 0 atom stereocenters. The van der Waals surface area contributed by atoms with Crippen molar-refractivity contribution in [3.8, 4) is 0 Å². The fraction of sp³-hybridized carbons (Fsp3) is 0.459. The quantitative estimate of drug-likeness (QED) is 0.0805. The minimum Gasteiger partial charge on any atom is -0.312 e. The Morgan fingerprint density at radius 2 is 0.816 bits per heavy atom. The molecule has 0 aliphatic carbocycles. The molecule has 0 saturated carbocycles. The molecule has 1 nitrogen and oxygen atoms in total. The molecule has 0 aromatic heterocycles. The van der Waals surface area contributed by atoms with Gasteiger partial charge in [-0.1, -0.05) is 155 Å². The number of benzene rings is 3. The van der Waals surface area contributed by atoms with E-state index in [0.29, 0.717) is 0 Å². The summed E-state index contributed by atoms with van der Waals surface area (Å²) in [6.45, 7) is 6.74. The summed E-state index contributed by atoms with van der Waals surface area (Å²) in [7, 11) is 0. The van der Waals surface area contributed by atoms with Crippen molar-refractivity contribution in [2.24, 2.45) is 0 Å². The van der Waals surface area contributed by atoms with Crippen molar-refractivity contribution in [1.29, 1.82) is 0 Å². The summed E-state index contributed by atoms with van der Waals surface area (Å²) in [6, 6.07) is 33.4. The Labute approximate surface area is 234 Å². The minimum absolute atomic E-state index is 1.08. The molecule has 3 aromatic carbocycles. The summed E-state index contributed by atoms with van der Waals surface area (Å²) in [5, 5.41) is 0. The molecule has 3 rings (SSSR count). The van der Waals surface area contributed by atoms with Crippen LogP contribution in [0.4, 0.5) is 0 Å². The van der Waals surface area contributed by atoms with Crippen LogP contribution in [0.25, 0.3) is 0 Å². The predicted octanol–water partition coefficient (Wildman–Crippen LogP) is 10.7. The summed E-state index contributed by atoms with van der Waals surface area (Å²) in [4.78, 5) is 0.